The summed E-state index contributed by atoms with van der Waals surface area (Å²) in [5.74, 6) is -0.551. The predicted molar refractivity (Wildman–Crippen MR) is 154 cm³/mol. The zero-order chi connectivity index (χ0) is 25.3. The minimum absolute atomic E-state index is 0. The van der Waals surface area contributed by atoms with E-state index in [4.69, 9.17) is 8.92 Å². The van der Waals surface area contributed by atoms with Gasteiger partial charge in [0.25, 0.3) is 0 Å². The number of carboxylic acid groups (broad SMARTS) is 1. The number of carbonyl (C=O) groups is 1. The second-order valence-corrected chi connectivity index (χ2v) is 11.4. The van der Waals surface area contributed by atoms with E-state index in [0.717, 1.165) is 35.4 Å². The number of hydrogen-bond acceptors (Lipinski definition) is 8. The van der Waals surface area contributed by atoms with Gasteiger partial charge in [-0.1, -0.05) is 53.8 Å². The van der Waals surface area contributed by atoms with Crippen LogP contribution in [0.25, 0.3) is 0 Å². The normalized spacial score (nSPS) is 26.5. The van der Waals surface area contributed by atoms with Crippen LogP contribution in [0.4, 0.5) is 5.00 Å². The molecular weight excluding hydrogens is 529 g/mol. The summed E-state index contributed by atoms with van der Waals surface area (Å²) >= 11 is 2.39. The standard InChI is InChI=1S/C27H30N2O5S2.H2S/c1-29(36-34-12-10-17-7-5-3-4-6-8-17)25-23-21(24(35-25)26(30)31)14-19(15-22(23)28-32)18-9-11-27(33-2)16-20(27)13-18;/h3-5,7-9,11,13,19-20,32H,6,10,12,14-16H2,1-2H3,(H,30,31);1H2/b28-22+;/t19?,20-,27?;/m1./s1. The summed E-state index contributed by atoms with van der Waals surface area (Å²) in [6.45, 7) is 0.526. The molecule has 0 aliphatic heterocycles. The van der Waals surface area contributed by atoms with Gasteiger partial charge in [0.05, 0.1) is 17.9 Å². The number of nitrogens with zero attached hydrogens (tertiary/aromatic N) is 2. The summed E-state index contributed by atoms with van der Waals surface area (Å²) in [4.78, 5) is 12.5. The van der Waals surface area contributed by atoms with E-state index in [1.54, 1.807) is 7.11 Å². The maximum absolute atomic E-state index is 12.2. The number of hydrogen-bond donors (Lipinski definition) is 2. The Morgan fingerprint density at radius 2 is 2.16 bits per heavy atom. The molecule has 10 heteroatoms. The molecule has 37 heavy (non-hydrogen) atoms. The number of allylic oxidation sites excluding steroid dienone is 7. The maximum Gasteiger partial charge on any atom is 0.346 e. The van der Waals surface area contributed by atoms with E-state index in [1.807, 2.05) is 23.5 Å². The van der Waals surface area contributed by atoms with E-state index >= 15 is 0 Å². The van der Waals surface area contributed by atoms with Gasteiger partial charge in [-0.05, 0) is 48.3 Å². The highest BCUT2D eigenvalue weighted by Gasteiger charge is 2.53. The fourth-order valence-corrected chi connectivity index (χ4v) is 6.95. The second-order valence-electron chi connectivity index (χ2n) is 9.46. The Bertz CT molecular complexity index is 1230. The molecular formula is C27H32N2O5S3. The second kappa shape index (κ2) is 11.7. The van der Waals surface area contributed by atoms with Gasteiger partial charge in [-0.25, -0.2) is 4.79 Å². The van der Waals surface area contributed by atoms with Gasteiger partial charge >= 0.3 is 5.97 Å². The molecule has 1 aromatic heterocycles. The molecule has 0 aromatic carbocycles. The molecule has 1 fully saturated rings. The number of methoxy groups -OCH3 is 1. The monoisotopic (exact) mass is 560 g/mol. The number of ether oxygens (including phenoxy) is 1. The molecule has 4 aliphatic rings. The fourth-order valence-electron chi connectivity index (χ4n) is 5.21. The molecule has 3 atom stereocenters. The third-order valence-electron chi connectivity index (χ3n) is 7.29. The zero-order valence-electron chi connectivity index (χ0n) is 20.8. The van der Waals surface area contributed by atoms with Crippen molar-refractivity contribution in [3.63, 3.8) is 0 Å². The molecule has 1 aromatic rings. The van der Waals surface area contributed by atoms with Gasteiger partial charge in [-0.3, -0.25) is 8.49 Å². The lowest BCUT2D eigenvalue weighted by atomic mass is 9.78. The fraction of sp³-hybridized carbons (Fsp3) is 0.407. The SMILES string of the molecule is COC12C=CC(C3C/C(=N\O)c4c(N(C)SOCCC5=CCC=CC=C5)sc(C(=O)O)c4C3)=C[C@@H]1C2.S. The molecule has 0 radical (unpaired) electrons. The molecule has 0 saturated heterocycles. The first kappa shape index (κ1) is 27.8. The summed E-state index contributed by atoms with van der Waals surface area (Å²) < 4.78 is 13.3. The van der Waals surface area contributed by atoms with Gasteiger partial charge in [0.2, 0.25) is 0 Å². The lowest BCUT2D eigenvalue weighted by molar-refractivity contribution is 0.0701. The third kappa shape index (κ3) is 5.63. The van der Waals surface area contributed by atoms with E-state index in [2.05, 4.69) is 41.6 Å². The van der Waals surface area contributed by atoms with Crippen LogP contribution in [0.1, 0.15) is 46.5 Å². The number of thiophene rings is 1. The van der Waals surface area contributed by atoms with Crippen LogP contribution in [0.2, 0.25) is 0 Å². The molecule has 7 nitrogen and oxygen atoms in total. The van der Waals surface area contributed by atoms with E-state index in [-0.39, 0.29) is 29.9 Å². The van der Waals surface area contributed by atoms with Crippen LogP contribution >= 0.6 is 37.1 Å². The highest BCUT2D eigenvalue weighted by molar-refractivity contribution is 7.96. The molecule has 1 saturated carbocycles. The highest BCUT2D eigenvalue weighted by atomic mass is 32.2. The Balaban J connectivity index is 0.00000320. The van der Waals surface area contributed by atoms with Crippen molar-refractivity contribution in [2.75, 3.05) is 25.1 Å². The minimum atomic E-state index is -0.964. The van der Waals surface area contributed by atoms with Crippen LogP contribution in [0.5, 0.6) is 0 Å². The number of aromatic carboxylic acids is 1. The van der Waals surface area contributed by atoms with E-state index in [0.29, 0.717) is 36.6 Å². The Labute approximate surface area is 232 Å². The first-order chi connectivity index (χ1) is 17.5. The van der Waals surface area contributed by atoms with Gasteiger partial charge in [-0.2, -0.15) is 13.5 Å². The number of fused-ring (bicyclic) bond motifs is 2. The van der Waals surface area contributed by atoms with Crippen LogP contribution in [0, 0.1) is 11.8 Å². The quantitative estimate of drug-likeness (QED) is 0.125. The lowest BCUT2D eigenvalue weighted by Gasteiger charge is -2.28. The van der Waals surface area contributed by atoms with Gasteiger partial charge in [0, 0.05) is 32.1 Å². The van der Waals surface area contributed by atoms with E-state index < -0.39 is 5.97 Å². The number of rotatable bonds is 9. The van der Waals surface area contributed by atoms with Crippen LogP contribution in [0.15, 0.2) is 64.9 Å². The van der Waals surface area contributed by atoms with Crippen molar-refractivity contribution in [2.45, 2.75) is 37.7 Å². The summed E-state index contributed by atoms with van der Waals surface area (Å²) in [5.41, 5.74) is 4.18. The molecule has 0 amide bonds. The summed E-state index contributed by atoms with van der Waals surface area (Å²) in [7, 11) is 3.59. The van der Waals surface area contributed by atoms with Crippen molar-refractivity contribution in [3.8, 4) is 0 Å². The molecule has 1 heterocycles. The average Bonchev–Trinajstić information content (AvgIpc) is 3.57. The highest BCUT2D eigenvalue weighted by Crippen LogP contribution is 2.53. The van der Waals surface area contributed by atoms with Gasteiger partial charge in [0.1, 0.15) is 22.1 Å². The van der Waals surface area contributed by atoms with E-state index in [9.17, 15) is 15.1 Å². The minimum Gasteiger partial charge on any atom is -0.477 e. The summed E-state index contributed by atoms with van der Waals surface area (Å²) in [5, 5.41) is 24.3. The van der Waals surface area contributed by atoms with Crippen molar-refractivity contribution in [1.29, 1.82) is 0 Å². The predicted octanol–water partition coefficient (Wildman–Crippen LogP) is 6.05. The Kier molecular flexibility index (Phi) is 8.75. The van der Waals surface area contributed by atoms with Crippen molar-refractivity contribution in [2.24, 2.45) is 17.0 Å². The smallest absolute Gasteiger partial charge is 0.346 e. The topological polar surface area (TPSA) is 91.6 Å². The number of anilines is 1. The maximum atomic E-state index is 12.2. The molecule has 2 N–H and O–H groups in total. The van der Waals surface area contributed by atoms with Crippen LogP contribution in [0.3, 0.4) is 0 Å². The Morgan fingerprint density at radius 3 is 2.89 bits per heavy atom. The number of oxime groups is 1. The lowest BCUT2D eigenvalue weighted by Crippen LogP contribution is -2.25. The largest absolute Gasteiger partial charge is 0.477 e. The Morgan fingerprint density at radius 1 is 1.32 bits per heavy atom. The summed E-state index contributed by atoms with van der Waals surface area (Å²) in [6, 6.07) is 0. The van der Waals surface area contributed by atoms with E-state index in [1.165, 1.54) is 29.1 Å². The average molecular weight is 561 g/mol. The first-order valence-electron chi connectivity index (χ1n) is 12.1. The van der Waals surface area contributed by atoms with Gasteiger partial charge in [0.15, 0.2) is 0 Å². The summed E-state index contributed by atoms with van der Waals surface area (Å²) in [6.07, 6.45) is 20.7. The van der Waals surface area contributed by atoms with Crippen molar-refractivity contribution in [3.05, 3.63) is 75.8 Å². The van der Waals surface area contributed by atoms with Crippen molar-refractivity contribution in [1.82, 2.24) is 0 Å². The number of carboxylic acids is 1. The third-order valence-corrected chi connectivity index (χ3v) is 9.38. The van der Waals surface area contributed by atoms with Gasteiger partial charge in [-0.15, -0.1) is 11.3 Å². The van der Waals surface area contributed by atoms with Crippen LogP contribution in [-0.4, -0.2) is 48.4 Å². The first-order valence-corrected chi connectivity index (χ1v) is 13.6. The molecule has 4 aliphatic carbocycles. The zero-order valence-corrected chi connectivity index (χ0v) is 23.5. The Hall–Kier alpha value is -2.24. The molecule has 5 rings (SSSR count). The van der Waals surface area contributed by atoms with Crippen LogP contribution in [-0.2, 0) is 15.3 Å². The molecule has 2 unspecified atom stereocenters. The van der Waals surface area contributed by atoms with Crippen molar-refractivity contribution >= 4 is 53.7 Å². The molecule has 198 valence electrons. The van der Waals surface area contributed by atoms with Crippen molar-refractivity contribution < 1.29 is 24.0 Å². The van der Waals surface area contributed by atoms with Gasteiger partial charge < -0.3 is 15.1 Å². The molecule has 0 bridgehead atoms. The van der Waals surface area contributed by atoms with Crippen LogP contribution < -0.4 is 4.31 Å². The molecule has 0 spiro atoms.